The van der Waals surface area contributed by atoms with E-state index < -0.39 is 5.60 Å². The summed E-state index contributed by atoms with van der Waals surface area (Å²) < 4.78 is 16.7. The number of methoxy groups -OCH3 is 2. The Morgan fingerprint density at radius 1 is 1.09 bits per heavy atom. The van der Waals surface area contributed by atoms with Crippen LogP contribution in [0.5, 0.6) is 5.75 Å². The Bertz CT molecular complexity index is 864. The quantitative estimate of drug-likeness (QED) is 0.401. The van der Waals surface area contributed by atoms with Crippen molar-refractivity contribution in [2.24, 2.45) is 11.3 Å². The van der Waals surface area contributed by atoms with Gasteiger partial charge in [0.25, 0.3) is 0 Å². The highest BCUT2D eigenvalue weighted by Crippen LogP contribution is 2.57. The first-order valence-electron chi connectivity index (χ1n) is 11.9. The van der Waals surface area contributed by atoms with Crippen LogP contribution in [0.1, 0.15) is 94.6 Å². The van der Waals surface area contributed by atoms with E-state index in [0.717, 1.165) is 25.9 Å². The number of rotatable bonds is 7. The summed E-state index contributed by atoms with van der Waals surface area (Å²) >= 11 is 0. The van der Waals surface area contributed by atoms with Crippen molar-refractivity contribution in [1.82, 2.24) is 0 Å². The molecule has 0 amide bonds. The number of esters is 1. The molecule has 0 spiro atoms. The Morgan fingerprint density at radius 2 is 1.81 bits per heavy atom. The Labute approximate surface area is 193 Å². The zero-order valence-electron chi connectivity index (χ0n) is 20.9. The van der Waals surface area contributed by atoms with Crippen LogP contribution in [0.3, 0.4) is 0 Å². The summed E-state index contributed by atoms with van der Waals surface area (Å²) in [6.07, 6.45) is 5.74. The van der Waals surface area contributed by atoms with Crippen molar-refractivity contribution in [2.45, 2.75) is 90.6 Å². The van der Waals surface area contributed by atoms with Crippen LogP contribution in [0, 0.1) is 11.3 Å². The van der Waals surface area contributed by atoms with Crippen LogP contribution in [0.4, 0.5) is 0 Å². The molecule has 178 valence electrons. The van der Waals surface area contributed by atoms with Gasteiger partial charge >= 0.3 is 5.97 Å². The van der Waals surface area contributed by atoms with Crippen LogP contribution in [-0.4, -0.2) is 38.2 Å². The molecular formula is C27H40O5. The molecule has 0 unspecified atom stereocenters. The Hall–Kier alpha value is -1.88. The van der Waals surface area contributed by atoms with Gasteiger partial charge in [0.1, 0.15) is 11.4 Å². The predicted octanol–water partition coefficient (Wildman–Crippen LogP) is 5.66. The van der Waals surface area contributed by atoms with Crippen molar-refractivity contribution in [1.29, 1.82) is 0 Å². The number of hydrogen-bond donors (Lipinski definition) is 0. The summed E-state index contributed by atoms with van der Waals surface area (Å²) in [5.74, 6) is 0.724. The van der Waals surface area contributed by atoms with E-state index in [4.69, 9.17) is 14.2 Å². The maximum Gasteiger partial charge on any atom is 0.306 e. The number of aryl methyl sites for hydroxylation is 1. The first-order chi connectivity index (χ1) is 14.9. The molecule has 0 heterocycles. The minimum atomic E-state index is -0.549. The van der Waals surface area contributed by atoms with Gasteiger partial charge in [0.05, 0.1) is 25.7 Å². The third-order valence-electron chi connectivity index (χ3n) is 7.55. The minimum absolute atomic E-state index is 0.0461. The molecule has 1 aromatic carbocycles. The molecule has 0 aromatic heterocycles. The summed E-state index contributed by atoms with van der Waals surface area (Å²) in [7, 11) is 3.41. The van der Waals surface area contributed by atoms with E-state index in [-0.39, 0.29) is 35.4 Å². The van der Waals surface area contributed by atoms with Crippen molar-refractivity contribution >= 4 is 11.8 Å². The van der Waals surface area contributed by atoms with Gasteiger partial charge in [-0.1, -0.05) is 20.3 Å². The third kappa shape index (κ3) is 4.88. The molecule has 32 heavy (non-hydrogen) atoms. The topological polar surface area (TPSA) is 61.8 Å². The van der Waals surface area contributed by atoms with Gasteiger partial charge in [0, 0.05) is 13.5 Å². The molecule has 3 atom stereocenters. The molecule has 0 radical (unpaired) electrons. The maximum absolute atomic E-state index is 13.0. The number of Topliss-reactive ketones (excluding diaryl/α,β-unsaturated/α-hetero) is 1. The second-order valence-corrected chi connectivity index (χ2v) is 11.2. The van der Waals surface area contributed by atoms with E-state index in [1.807, 2.05) is 26.8 Å². The molecule has 0 N–H and O–H groups in total. The molecule has 0 bridgehead atoms. The average Bonchev–Trinajstić information content (AvgIpc) is 2.70. The zero-order chi connectivity index (χ0) is 23.7. The molecule has 0 saturated heterocycles. The largest absolute Gasteiger partial charge is 0.496 e. The number of ether oxygens (including phenoxy) is 3. The second kappa shape index (κ2) is 9.17. The lowest BCUT2D eigenvalue weighted by Gasteiger charge is -2.55. The molecule has 1 saturated carbocycles. The molecular weight excluding hydrogens is 404 g/mol. The van der Waals surface area contributed by atoms with E-state index >= 15 is 0 Å². The summed E-state index contributed by atoms with van der Waals surface area (Å²) in [6, 6.07) is 4.12. The Kier molecular flexibility index (Phi) is 7.09. The van der Waals surface area contributed by atoms with Gasteiger partial charge < -0.3 is 14.2 Å². The Balaban J connectivity index is 1.87. The normalized spacial score (nSPS) is 27.3. The summed E-state index contributed by atoms with van der Waals surface area (Å²) in [5.41, 5.74) is 2.79. The van der Waals surface area contributed by atoms with Crippen molar-refractivity contribution in [3.63, 3.8) is 0 Å². The number of ketones is 1. The molecule has 3 rings (SSSR count). The molecule has 5 nitrogen and oxygen atoms in total. The van der Waals surface area contributed by atoms with Crippen molar-refractivity contribution in [3.8, 4) is 5.75 Å². The molecule has 2 aliphatic carbocycles. The lowest BCUT2D eigenvalue weighted by atomic mass is 9.50. The zero-order valence-corrected chi connectivity index (χ0v) is 20.9. The fraction of sp³-hybridized carbons (Fsp3) is 0.704. The predicted molar refractivity (Wildman–Crippen MR) is 125 cm³/mol. The maximum atomic E-state index is 13.0. The average molecular weight is 445 g/mol. The van der Waals surface area contributed by atoms with Gasteiger partial charge in [-0.25, -0.2) is 0 Å². The van der Waals surface area contributed by atoms with Crippen molar-refractivity contribution < 1.29 is 23.8 Å². The lowest BCUT2D eigenvalue weighted by Crippen LogP contribution is -2.50. The van der Waals surface area contributed by atoms with Crippen molar-refractivity contribution in [3.05, 3.63) is 28.8 Å². The van der Waals surface area contributed by atoms with Crippen LogP contribution in [0.2, 0.25) is 0 Å². The molecule has 0 aliphatic heterocycles. The van der Waals surface area contributed by atoms with E-state index in [1.165, 1.54) is 24.0 Å². The van der Waals surface area contributed by atoms with Crippen molar-refractivity contribution in [2.75, 3.05) is 20.8 Å². The van der Waals surface area contributed by atoms with E-state index in [9.17, 15) is 9.59 Å². The first-order valence-corrected chi connectivity index (χ1v) is 11.9. The van der Waals surface area contributed by atoms with Crippen LogP contribution in [0.25, 0.3) is 0 Å². The van der Waals surface area contributed by atoms with Gasteiger partial charge in [0.2, 0.25) is 0 Å². The minimum Gasteiger partial charge on any atom is -0.496 e. The van der Waals surface area contributed by atoms with E-state index in [2.05, 4.69) is 19.9 Å². The second-order valence-electron chi connectivity index (χ2n) is 11.2. The van der Waals surface area contributed by atoms with Gasteiger partial charge in [-0.2, -0.15) is 0 Å². The Morgan fingerprint density at radius 3 is 2.44 bits per heavy atom. The van der Waals surface area contributed by atoms with Gasteiger partial charge in [0.15, 0.2) is 5.78 Å². The summed E-state index contributed by atoms with van der Waals surface area (Å²) in [5, 5.41) is 0. The SMILES string of the molecule is COC[C@@]1(C)CCC[C@]2(C)c3cc(OC)c(C(=O)CCC(=O)OC(C)(C)C)cc3CC[C@@H]12. The molecule has 1 fully saturated rings. The highest BCUT2D eigenvalue weighted by molar-refractivity contribution is 6.00. The number of carbonyl (C=O) groups is 2. The number of fused-ring (bicyclic) bond motifs is 3. The van der Waals surface area contributed by atoms with Gasteiger partial charge in [-0.15, -0.1) is 0 Å². The van der Waals surface area contributed by atoms with Gasteiger partial charge in [-0.05, 0) is 86.5 Å². The fourth-order valence-electron chi connectivity index (χ4n) is 6.26. The number of benzene rings is 1. The number of hydrogen-bond acceptors (Lipinski definition) is 5. The molecule has 1 aromatic rings. The van der Waals surface area contributed by atoms with Crippen LogP contribution in [0.15, 0.2) is 12.1 Å². The third-order valence-corrected chi connectivity index (χ3v) is 7.55. The highest BCUT2D eigenvalue weighted by atomic mass is 16.6. The number of carbonyl (C=O) groups excluding carboxylic acids is 2. The smallest absolute Gasteiger partial charge is 0.306 e. The van der Waals surface area contributed by atoms with Crippen LogP contribution in [-0.2, 0) is 26.1 Å². The molecule has 2 aliphatic rings. The van der Waals surface area contributed by atoms with Crippen LogP contribution >= 0.6 is 0 Å². The molecule has 5 heteroatoms. The lowest BCUT2D eigenvalue weighted by molar-refractivity contribution is -0.154. The summed E-state index contributed by atoms with van der Waals surface area (Å²) in [4.78, 5) is 25.1. The van der Waals surface area contributed by atoms with Crippen LogP contribution < -0.4 is 4.74 Å². The van der Waals surface area contributed by atoms with Gasteiger partial charge in [-0.3, -0.25) is 9.59 Å². The van der Waals surface area contributed by atoms with E-state index in [0.29, 0.717) is 17.2 Å². The standard InChI is InChI=1S/C27H40O5/c1-25(2,3)32-24(29)12-10-21(28)19-15-18-9-11-23-26(4,17-30-6)13-8-14-27(23,5)20(18)16-22(19)31-7/h15-16,23H,8-14,17H2,1-7H3/t23-,26+,27+/m0/s1. The van der Waals surface area contributed by atoms with E-state index in [1.54, 1.807) is 14.2 Å². The first kappa shape index (κ1) is 24.8. The summed E-state index contributed by atoms with van der Waals surface area (Å²) in [6.45, 7) is 11.0. The monoisotopic (exact) mass is 444 g/mol. The fourth-order valence-corrected chi connectivity index (χ4v) is 6.26. The highest BCUT2D eigenvalue weighted by Gasteiger charge is 2.52.